The highest BCUT2D eigenvalue weighted by Crippen LogP contribution is 2.33. The van der Waals surface area contributed by atoms with Crippen LogP contribution in [0.5, 0.6) is 11.5 Å². The molecule has 0 N–H and O–H groups in total. The molecule has 1 aliphatic heterocycles. The fourth-order valence-corrected chi connectivity index (χ4v) is 2.36. The summed E-state index contributed by atoms with van der Waals surface area (Å²) in [5.74, 6) is 1.25. The Balaban J connectivity index is 2.09. The van der Waals surface area contributed by atoms with Crippen molar-refractivity contribution < 1.29 is 18.5 Å². The van der Waals surface area contributed by atoms with Crippen molar-refractivity contribution in [2.45, 2.75) is 31.6 Å². The molecule has 0 saturated heterocycles. The second kappa shape index (κ2) is 6.06. The predicted octanol–water partition coefficient (Wildman–Crippen LogP) is 2.88. The van der Waals surface area contributed by atoms with Crippen LogP contribution in [0.2, 0.25) is 0 Å². The quantitative estimate of drug-likeness (QED) is 0.796. The molecule has 6 heteroatoms. The van der Waals surface area contributed by atoms with E-state index < -0.39 is 10.6 Å². The third-order valence-electron chi connectivity index (χ3n) is 2.67. The number of amides is 1. The molecule has 0 radical (unpaired) electrons. The lowest BCUT2D eigenvalue weighted by atomic mass is 10.1. The molecule has 0 atom stereocenters. The van der Waals surface area contributed by atoms with Gasteiger partial charge in [-0.25, -0.2) is 0 Å². The van der Waals surface area contributed by atoms with Crippen molar-refractivity contribution in [1.29, 1.82) is 0 Å². The Labute approximate surface area is 114 Å². The van der Waals surface area contributed by atoms with Crippen LogP contribution in [0.3, 0.4) is 0 Å². The zero-order chi connectivity index (χ0) is 13.8. The molecule has 1 aromatic rings. The number of rotatable bonds is 4. The van der Waals surface area contributed by atoms with Crippen molar-refractivity contribution in [2.24, 2.45) is 10.3 Å². The minimum atomic E-state index is -1.68. The minimum Gasteiger partial charge on any atom is -0.454 e. The van der Waals surface area contributed by atoms with Gasteiger partial charge in [-0.1, -0.05) is 24.8 Å². The fraction of sp³-hybridized carbons (Fsp3) is 0.462. The molecule has 1 heterocycles. The molecule has 5 nitrogen and oxygen atoms in total. The average molecular weight is 282 g/mol. The van der Waals surface area contributed by atoms with Gasteiger partial charge in [0.25, 0.3) is 0 Å². The summed E-state index contributed by atoms with van der Waals surface area (Å²) in [5, 5.41) is 0. The maximum Gasteiger partial charge on any atom is 0.231 e. The summed E-state index contributed by atoms with van der Waals surface area (Å²) in [5.41, 5.74) is 0. The molecule has 0 spiro atoms. The van der Waals surface area contributed by atoms with Crippen molar-refractivity contribution in [1.82, 2.24) is 0 Å². The Bertz CT molecular complexity index is 562. The number of nitrogens with zero attached hydrogens (tertiary/aromatic N) is 1. The summed E-state index contributed by atoms with van der Waals surface area (Å²) in [6, 6.07) is 4.89. The molecule has 0 fully saturated rings. The van der Waals surface area contributed by atoms with Crippen LogP contribution in [0.4, 0.5) is 0 Å². The topological polar surface area (TPSA) is 65.0 Å². The summed E-state index contributed by atoms with van der Waals surface area (Å²) >= 11 is 0. The Morgan fingerprint density at radius 1 is 1.37 bits per heavy atom. The molecule has 19 heavy (non-hydrogen) atoms. The van der Waals surface area contributed by atoms with E-state index in [9.17, 15) is 9.00 Å². The first-order valence-corrected chi connectivity index (χ1v) is 7.23. The van der Waals surface area contributed by atoms with Gasteiger partial charge in [-0.05, 0) is 24.5 Å². The zero-order valence-corrected chi connectivity index (χ0v) is 11.7. The summed E-state index contributed by atoms with van der Waals surface area (Å²) in [7, 11) is -1.68. The molecule has 1 aliphatic rings. The summed E-state index contributed by atoms with van der Waals surface area (Å²) in [6.07, 6.45) is 1.08. The lowest BCUT2D eigenvalue weighted by Crippen LogP contribution is -1.97. The molecule has 0 aliphatic carbocycles. The lowest BCUT2D eigenvalue weighted by Gasteiger charge is -2.07. The van der Waals surface area contributed by atoms with E-state index in [0.29, 0.717) is 28.7 Å². The van der Waals surface area contributed by atoms with Gasteiger partial charge in [-0.3, -0.25) is 4.79 Å². The third kappa shape index (κ3) is 3.70. The number of hydrogen-bond acceptors (Lipinski definition) is 5. The van der Waals surface area contributed by atoms with E-state index in [1.54, 1.807) is 18.2 Å². The van der Waals surface area contributed by atoms with E-state index in [1.165, 1.54) is 0 Å². The Kier molecular flexibility index (Phi) is 4.42. The summed E-state index contributed by atoms with van der Waals surface area (Å²) in [6.45, 7) is 4.22. The van der Waals surface area contributed by atoms with E-state index in [2.05, 4.69) is 4.36 Å². The summed E-state index contributed by atoms with van der Waals surface area (Å²) in [4.78, 5) is 12.0. The molecular weight excluding hydrogens is 266 g/mol. The van der Waals surface area contributed by atoms with E-state index >= 15 is 0 Å². The maximum atomic E-state index is 11.9. The van der Waals surface area contributed by atoms with E-state index in [0.717, 1.165) is 6.42 Å². The highest BCUT2D eigenvalue weighted by atomic mass is 32.2. The summed E-state index contributed by atoms with van der Waals surface area (Å²) < 4.78 is 26.0. The van der Waals surface area contributed by atoms with Gasteiger partial charge < -0.3 is 18.0 Å². The van der Waals surface area contributed by atoms with Crippen molar-refractivity contribution in [2.75, 3.05) is 6.79 Å². The van der Waals surface area contributed by atoms with Gasteiger partial charge in [-0.2, -0.15) is 10.6 Å². The molecule has 104 valence electrons. The second-order valence-electron chi connectivity index (χ2n) is 4.68. The second-order valence-corrected chi connectivity index (χ2v) is 5.83. The van der Waals surface area contributed by atoms with Crippen LogP contribution >= 0.6 is 0 Å². The van der Waals surface area contributed by atoms with Crippen LogP contribution in [0.25, 0.3) is 0 Å². The molecule has 0 aromatic heterocycles. The first-order chi connectivity index (χ1) is 9.06. The molecule has 0 bridgehead atoms. The highest BCUT2D eigenvalue weighted by Gasteiger charge is 2.11. The fourth-order valence-electron chi connectivity index (χ4n) is 1.59. The van der Waals surface area contributed by atoms with E-state index in [1.807, 2.05) is 13.8 Å². The standard InChI is InChI=1S/C13H16NO4S/c1-9(2)3-6-13(15)14-19(16)10-4-5-11-12(7-10)18-8-17-11/h4-5,7,9H,3,6,8H2,1-2H3/q-1. The maximum absolute atomic E-state index is 11.9. The molecule has 1 aromatic carbocycles. The number of ether oxygens (including phenoxy) is 2. The van der Waals surface area contributed by atoms with Crippen LogP contribution in [0, 0.1) is 5.92 Å². The van der Waals surface area contributed by atoms with Crippen molar-refractivity contribution in [3.05, 3.63) is 18.2 Å². The van der Waals surface area contributed by atoms with Crippen molar-refractivity contribution >= 4 is 16.5 Å². The predicted molar refractivity (Wildman–Crippen MR) is 70.4 cm³/mol. The van der Waals surface area contributed by atoms with Crippen LogP contribution in [0.1, 0.15) is 26.7 Å². The Morgan fingerprint density at radius 2 is 2.11 bits per heavy atom. The van der Waals surface area contributed by atoms with Crippen LogP contribution in [-0.2, 0) is 19.6 Å². The number of fused-ring (bicyclic) bond motifs is 1. The Morgan fingerprint density at radius 3 is 2.84 bits per heavy atom. The third-order valence-corrected chi connectivity index (χ3v) is 3.69. The van der Waals surface area contributed by atoms with E-state index in [-0.39, 0.29) is 12.7 Å². The smallest absolute Gasteiger partial charge is 0.231 e. The molecule has 2 rings (SSSR count). The lowest BCUT2D eigenvalue weighted by molar-refractivity contribution is -0.117. The SMILES string of the molecule is CC(C)CCC(=O)N=[S-](=O)c1ccc2c(c1)OCO2. The highest BCUT2D eigenvalue weighted by molar-refractivity contribution is 7.75. The van der Waals surface area contributed by atoms with Crippen LogP contribution in [-0.4, -0.2) is 12.7 Å². The number of hydrogen-bond donors (Lipinski definition) is 0. The van der Waals surface area contributed by atoms with Gasteiger partial charge in [-0.15, -0.1) is 0 Å². The van der Waals surface area contributed by atoms with Gasteiger partial charge in [0, 0.05) is 6.42 Å². The van der Waals surface area contributed by atoms with Crippen molar-refractivity contribution in [3.63, 3.8) is 0 Å². The number of carbonyl (C=O) groups excluding carboxylic acids is 1. The van der Waals surface area contributed by atoms with Gasteiger partial charge in [0.05, 0.1) is 0 Å². The molecule has 1 amide bonds. The van der Waals surface area contributed by atoms with Gasteiger partial charge in [0.1, 0.15) is 0 Å². The van der Waals surface area contributed by atoms with Gasteiger partial charge in [0.2, 0.25) is 12.7 Å². The molecule has 0 saturated carbocycles. The normalized spacial score (nSPS) is 14.9. The number of carbonyl (C=O) groups is 1. The van der Waals surface area contributed by atoms with Gasteiger partial charge in [0.15, 0.2) is 11.5 Å². The first kappa shape index (κ1) is 13.9. The first-order valence-electron chi connectivity index (χ1n) is 6.12. The molecule has 0 unspecified atom stereocenters. The monoisotopic (exact) mass is 282 g/mol. The molecular formula is C13H16NO4S-. The van der Waals surface area contributed by atoms with Crippen LogP contribution < -0.4 is 9.47 Å². The van der Waals surface area contributed by atoms with Gasteiger partial charge >= 0.3 is 0 Å². The minimum absolute atomic E-state index is 0.163. The van der Waals surface area contributed by atoms with E-state index in [4.69, 9.17) is 9.47 Å². The van der Waals surface area contributed by atoms with Crippen molar-refractivity contribution in [3.8, 4) is 11.5 Å². The largest absolute Gasteiger partial charge is 0.454 e. The van der Waals surface area contributed by atoms with Crippen LogP contribution in [0.15, 0.2) is 27.5 Å². The zero-order valence-electron chi connectivity index (χ0n) is 10.9. The Hall–Kier alpha value is -1.56. The average Bonchev–Trinajstić information content (AvgIpc) is 2.83. The number of benzene rings is 1.